The maximum absolute atomic E-state index is 12.5. The Bertz CT molecular complexity index is 908. The van der Waals surface area contributed by atoms with Gasteiger partial charge in [-0.3, -0.25) is 9.69 Å². The summed E-state index contributed by atoms with van der Waals surface area (Å²) in [6.07, 6.45) is 5.44. The summed E-state index contributed by atoms with van der Waals surface area (Å²) in [6, 6.07) is 11.4. The number of benzene rings is 1. The highest BCUT2D eigenvalue weighted by Crippen LogP contribution is 2.29. The number of thiophene rings is 1. The van der Waals surface area contributed by atoms with E-state index in [0.717, 1.165) is 54.7 Å². The molecule has 0 spiro atoms. The summed E-state index contributed by atoms with van der Waals surface area (Å²) in [5, 5.41) is 10.4. The Kier molecular flexibility index (Phi) is 9.47. The summed E-state index contributed by atoms with van der Waals surface area (Å²) in [7, 11) is 0. The van der Waals surface area contributed by atoms with Crippen LogP contribution >= 0.6 is 11.3 Å². The molecule has 1 aromatic carbocycles. The van der Waals surface area contributed by atoms with Crippen molar-refractivity contribution < 1.29 is 24.2 Å². The molecule has 2 atom stereocenters. The number of rotatable bonds is 12. The lowest BCUT2D eigenvalue weighted by Crippen LogP contribution is -2.33. The number of amides is 1. The molecule has 33 heavy (non-hydrogen) atoms. The van der Waals surface area contributed by atoms with Crippen molar-refractivity contribution in [2.75, 3.05) is 11.5 Å². The summed E-state index contributed by atoms with van der Waals surface area (Å²) in [5.74, 6) is -0.331. The molecule has 1 aromatic heterocycles. The van der Waals surface area contributed by atoms with Crippen LogP contribution in [-0.4, -0.2) is 35.9 Å². The molecule has 1 aliphatic rings. The van der Waals surface area contributed by atoms with Gasteiger partial charge in [-0.05, 0) is 69.4 Å². The molecule has 0 saturated carbocycles. The fourth-order valence-corrected chi connectivity index (χ4v) is 4.88. The number of carbonyl (C=O) groups excluding carboxylic acids is 2. The summed E-state index contributed by atoms with van der Waals surface area (Å²) < 4.78 is 11.0. The number of esters is 1. The Morgan fingerprint density at radius 1 is 1.18 bits per heavy atom. The van der Waals surface area contributed by atoms with E-state index in [-0.39, 0.29) is 30.8 Å². The first kappa shape index (κ1) is 25.4. The quantitative estimate of drug-likeness (QED) is 0.319. The van der Waals surface area contributed by atoms with Gasteiger partial charge in [-0.1, -0.05) is 38.3 Å². The fourth-order valence-electron chi connectivity index (χ4n) is 3.95. The molecule has 1 amide bonds. The van der Waals surface area contributed by atoms with Gasteiger partial charge in [0.15, 0.2) is 0 Å². The minimum Gasteiger partial charge on any atom is -0.459 e. The SMILES string of the molecule is CCCCC[C@H](O)c1ccc(N2C(=O)COC2CCCc2ccc(C(=O)OC(C)C)s2)cc1. The van der Waals surface area contributed by atoms with Crippen molar-refractivity contribution in [1.29, 1.82) is 0 Å². The molecular formula is C26H35NO5S. The minimum absolute atomic E-state index is 0.0499. The lowest BCUT2D eigenvalue weighted by Gasteiger charge is -2.23. The zero-order valence-electron chi connectivity index (χ0n) is 19.8. The number of hydrogen-bond acceptors (Lipinski definition) is 6. The molecule has 1 unspecified atom stereocenters. The van der Waals surface area contributed by atoms with Gasteiger partial charge in [0, 0.05) is 10.6 Å². The second kappa shape index (κ2) is 12.3. The van der Waals surface area contributed by atoms with Gasteiger partial charge in [0.2, 0.25) is 0 Å². The second-order valence-electron chi connectivity index (χ2n) is 8.74. The van der Waals surface area contributed by atoms with Crippen LogP contribution in [0.4, 0.5) is 5.69 Å². The third-order valence-electron chi connectivity index (χ3n) is 5.67. The highest BCUT2D eigenvalue weighted by atomic mass is 32.1. The first-order valence-electron chi connectivity index (χ1n) is 11.9. The molecule has 0 bridgehead atoms. The Labute approximate surface area is 200 Å². The zero-order valence-corrected chi connectivity index (χ0v) is 20.6. The van der Waals surface area contributed by atoms with E-state index in [1.165, 1.54) is 11.3 Å². The molecule has 2 heterocycles. The van der Waals surface area contributed by atoms with E-state index in [9.17, 15) is 14.7 Å². The van der Waals surface area contributed by atoms with Crippen LogP contribution in [0.5, 0.6) is 0 Å². The number of aryl methyl sites for hydroxylation is 1. The highest BCUT2D eigenvalue weighted by molar-refractivity contribution is 7.13. The number of aliphatic hydroxyl groups excluding tert-OH is 1. The van der Waals surface area contributed by atoms with E-state index >= 15 is 0 Å². The fraction of sp³-hybridized carbons (Fsp3) is 0.538. The van der Waals surface area contributed by atoms with Crippen LogP contribution in [0.25, 0.3) is 0 Å². The van der Waals surface area contributed by atoms with Crippen molar-refractivity contribution in [3.63, 3.8) is 0 Å². The van der Waals surface area contributed by atoms with E-state index in [1.807, 2.05) is 50.2 Å². The van der Waals surface area contributed by atoms with Gasteiger partial charge in [0.1, 0.15) is 17.7 Å². The van der Waals surface area contributed by atoms with Gasteiger partial charge in [0.05, 0.1) is 12.2 Å². The number of nitrogens with zero attached hydrogens (tertiary/aromatic N) is 1. The number of carbonyl (C=O) groups is 2. The number of ether oxygens (including phenoxy) is 2. The molecule has 1 saturated heterocycles. The summed E-state index contributed by atoms with van der Waals surface area (Å²) in [4.78, 5) is 28.0. The van der Waals surface area contributed by atoms with Gasteiger partial charge in [-0.2, -0.15) is 0 Å². The predicted molar refractivity (Wildman–Crippen MR) is 131 cm³/mol. The number of aliphatic hydroxyl groups is 1. The summed E-state index contributed by atoms with van der Waals surface area (Å²) in [5.41, 5.74) is 1.67. The van der Waals surface area contributed by atoms with Crippen molar-refractivity contribution in [2.45, 2.75) is 84.2 Å². The van der Waals surface area contributed by atoms with E-state index in [4.69, 9.17) is 9.47 Å². The first-order valence-corrected chi connectivity index (χ1v) is 12.7. The zero-order chi connectivity index (χ0) is 23.8. The molecule has 6 nitrogen and oxygen atoms in total. The van der Waals surface area contributed by atoms with E-state index in [2.05, 4.69) is 6.92 Å². The normalized spacial score (nSPS) is 17.1. The molecule has 1 fully saturated rings. The third-order valence-corrected chi connectivity index (χ3v) is 6.80. The van der Waals surface area contributed by atoms with E-state index < -0.39 is 6.10 Å². The summed E-state index contributed by atoms with van der Waals surface area (Å²) in [6.45, 7) is 5.90. The number of unbranched alkanes of at least 4 members (excludes halogenated alkanes) is 2. The van der Waals surface area contributed by atoms with Gasteiger partial charge >= 0.3 is 5.97 Å². The molecule has 1 aliphatic heterocycles. The maximum atomic E-state index is 12.5. The van der Waals surface area contributed by atoms with E-state index in [1.54, 1.807) is 4.90 Å². The molecule has 3 rings (SSSR count). The van der Waals surface area contributed by atoms with Gasteiger partial charge in [-0.25, -0.2) is 4.79 Å². The molecule has 1 N–H and O–H groups in total. The average Bonchev–Trinajstić information content (AvgIpc) is 3.40. The molecule has 2 aromatic rings. The van der Waals surface area contributed by atoms with Crippen LogP contribution < -0.4 is 4.90 Å². The smallest absolute Gasteiger partial charge is 0.348 e. The van der Waals surface area contributed by atoms with Crippen LogP contribution in [0.15, 0.2) is 36.4 Å². The lowest BCUT2D eigenvalue weighted by atomic mass is 10.0. The highest BCUT2D eigenvalue weighted by Gasteiger charge is 2.32. The van der Waals surface area contributed by atoms with Crippen molar-refractivity contribution >= 4 is 28.9 Å². The molecule has 180 valence electrons. The van der Waals surface area contributed by atoms with Crippen LogP contribution in [0.3, 0.4) is 0 Å². The minimum atomic E-state index is -0.472. The molecule has 0 aliphatic carbocycles. The standard InChI is InChI=1S/C26H35NO5S/c1-4-5-6-9-22(28)19-11-13-20(14-12-19)27-24(29)17-31-25(27)10-7-8-21-15-16-23(33-21)26(30)32-18(2)3/h11-16,18,22,25,28H,4-10,17H2,1-3H3/t22-,25?/m0/s1. The monoisotopic (exact) mass is 473 g/mol. The van der Waals surface area contributed by atoms with Crippen molar-refractivity contribution in [3.8, 4) is 0 Å². The largest absolute Gasteiger partial charge is 0.459 e. The van der Waals surface area contributed by atoms with Crippen LogP contribution in [0.1, 0.15) is 85.5 Å². The van der Waals surface area contributed by atoms with Gasteiger partial charge in [-0.15, -0.1) is 11.3 Å². The first-order chi connectivity index (χ1) is 15.9. The van der Waals surface area contributed by atoms with E-state index in [0.29, 0.717) is 11.3 Å². The number of hydrogen-bond donors (Lipinski definition) is 1. The van der Waals surface area contributed by atoms with Crippen molar-refractivity contribution in [2.24, 2.45) is 0 Å². The molecular weight excluding hydrogens is 438 g/mol. The Balaban J connectivity index is 1.54. The third kappa shape index (κ3) is 7.13. The molecule has 7 heteroatoms. The average molecular weight is 474 g/mol. The van der Waals surface area contributed by atoms with Crippen molar-refractivity contribution in [3.05, 3.63) is 51.7 Å². The van der Waals surface area contributed by atoms with Gasteiger partial charge in [0.25, 0.3) is 5.91 Å². The van der Waals surface area contributed by atoms with Gasteiger partial charge < -0.3 is 14.6 Å². The Hall–Kier alpha value is -2.22. The Morgan fingerprint density at radius 2 is 1.94 bits per heavy atom. The van der Waals surface area contributed by atoms with Crippen LogP contribution in [-0.2, 0) is 20.7 Å². The predicted octanol–water partition coefficient (Wildman–Crippen LogP) is 5.64. The molecule has 0 radical (unpaired) electrons. The Morgan fingerprint density at radius 3 is 2.64 bits per heavy atom. The topological polar surface area (TPSA) is 76.1 Å². The maximum Gasteiger partial charge on any atom is 0.348 e. The van der Waals surface area contributed by atoms with Crippen LogP contribution in [0.2, 0.25) is 0 Å². The lowest BCUT2D eigenvalue weighted by molar-refractivity contribution is -0.117. The van der Waals surface area contributed by atoms with Crippen LogP contribution in [0, 0.1) is 0 Å². The van der Waals surface area contributed by atoms with Crippen molar-refractivity contribution in [1.82, 2.24) is 0 Å². The second-order valence-corrected chi connectivity index (χ2v) is 9.91. The number of anilines is 1. The summed E-state index contributed by atoms with van der Waals surface area (Å²) >= 11 is 1.45.